The standard InChI is InChI=1S/C13H12ClF2NO/c1-2-17-12(9-5-6-18-13(9)14)10-7-8(15)3-4-11(10)16/h3-7,12,17H,2H2,1H3. The number of hydrogen-bond donors (Lipinski definition) is 1. The van der Waals surface area contributed by atoms with Crippen LogP contribution in [0.2, 0.25) is 5.22 Å². The van der Waals surface area contributed by atoms with Crippen molar-refractivity contribution in [2.45, 2.75) is 13.0 Å². The molecule has 0 fully saturated rings. The van der Waals surface area contributed by atoms with Crippen molar-refractivity contribution in [2.24, 2.45) is 0 Å². The Morgan fingerprint density at radius 1 is 1.28 bits per heavy atom. The monoisotopic (exact) mass is 271 g/mol. The molecule has 18 heavy (non-hydrogen) atoms. The normalized spacial score (nSPS) is 12.7. The van der Waals surface area contributed by atoms with Crippen LogP contribution in [0, 0.1) is 11.6 Å². The van der Waals surface area contributed by atoms with Crippen LogP contribution in [0.15, 0.2) is 34.9 Å². The Morgan fingerprint density at radius 2 is 2.06 bits per heavy atom. The zero-order chi connectivity index (χ0) is 13.1. The molecule has 0 amide bonds. The van der Waals surface area contributed by atoms with Gasteiger partial charge in [0.2, 0.25) is 0 Å². The lowest BCUT2D eigenvalue weighted by Gasteiger charge is -2.18. The van der Waals surface area contributed by atoms with Crippen LogP contribution in [-0.4, -0.2) is 6.54 Å². The molecule has 0 radical (unpaired) electrons. The Kier molecular flexibility index (Phi) is 3.99. The van der Waals surface area contributed by atoms with E-state index in [-0.39, 0.29) is 10.8 Å². The van der Waals surface area contributed by atoms with Crippen LogP contribution in [0.4, 0.5) is 8.78 Å². The Bertz CT molecular complexity index is 542. The smallest absolute Gasteiger partial charge is 0.198 e. The molecule has 1 aromatic carbocycles. The Labute approximate surface area is 109 Å². The van der Waals surface area contributed by atoms with Crippen LogP contribution >= 0.6 is 11.6 Å². The number of benzene rings is 1. The molecular weight excluding hydrogens is 260 g/mol. The molecule has 0 aliphatic heterocycles. The number of rotatable bonds is 4. The molecule has 1 aromatic heterocycles. The first kappa shape index (κ1) is 13.1. The van der Waals surface area contributed by atoms with E-state index < -0.39 is 17.7 Å². The summed E-state index contributed by atoms with van der Waals surface area (Å²) >= 11 is 5.89. The van der Waals surface area contributed by atoms with Gasteiger partial charge in [-0.2, -0.15) is 0 Å². The number of halogens is 3. The lowest BCUT2D eigenvalue weighted by molar-refractivity contribution is 0.532. The highest BCUT2D eigenvalue weighted by Gasteiger charge is 2.21. The fraction of sp³-hybridized carbons (Fsp3) is 0.231. The van der Waals surface area contributed by atoms with Gasteiger partial charge in [0, 0.05) is 11.1 Å². The molecule has 2 nitrogen and oxygen atoms in total. The molecule has 96 valence electrons. The third-order valence-corrected chi connectivity index (χ3v) is 2.94. The average molecular weight is 272 g/mol. The molecule has 0 spiro atoms. The summed E-state index contributed by atoms with van der Waals surface area (Å²) in [6, 6.07) is 4.45. The van der Waals surface area contributed by atoms with Gasteiger partial charge < -0.3 is 9.73 Å². The molecule has 1 atom stereocenters. The third-order valence-electron chi connectivity index (χ3n) is 2.63. The van der Waals surface area contributed by atoms with E-state index in [1.807, 2.05) is 6.92 Å². The topological polar surface area (TPSA) is 25.2 Å². The molecule has 1 unspecified atom stereocenters. The first-order valence-electron chi connectivity index (χ1n) is 5.54. The maximum atomic E-state index is 13.8. The summed E-state index contributed by atoms with van der Waals surface area (Å²) in [5.41, 5.74) is 0.795. The van der Waals surface area contributed by atoms with E-state index in [1.54, 1.807) is 6.07 Å². The third kappa shape index (κ3) is 2.54. The van der Waals surface area contributed by atoms with Gasteiger partial charge in [-0.1, -0.05) is 6.92 Å². The van der Waals surface area contributed by atoms with Crippen molar-refractivity contribution in [3.8, 4) is 0 Å². The zero-order valence-corrected chi connectivity index (χ0v) is 10.5. The highest BCUT2D eigenvalue weighted by Crippen LogP contribution is 2.30. The van der Waals surface area contributed by atoms with Gasteiger partial charge >= 0.3 is 0 Å². The van der Waals surface area contributed by atoms with Crippen LogP contribution in [-0.2, 0) is 0 Å². The molecule has 0 saturated heterocycles. The minimum atomic E-state index is -0.531. The van der Waals surface area contributed by atoms with Crippen LogP contribution in [0.1, 0.15) is 24.1 Å². The van der Waals surface area contributed by atoms with Crippen molar-refractivity contribution < 1.29 is 13.2 Å². The largest absolute Gasteiger partial charge is 0.453 e. The first-order valence-corrected chi connectivity index (χ1v) is 5.92. The summed E-state index contributed by atoms with van der Waals surface area (Å²) in [7, 11) is 0. The summed E-state index contributed by atoms with van der Waals surface area (Å²) in [5.74, 6) is -0.978. The van der Waals surface area contributed by atoms with E-state index in [1.165, 1.54) is 6.26 Å². The average Bonchev–Trinajstić information content (AvgIpc) is 2.76. The van der Waals surface area contributed by atoms with Gasteiger partial charge in [-0.15, -0.1) is 0 Å². The van der Waals surface area contributed by atoms with E-state index in [2.05, 4.69) is 5.32 Å². The van der Waals surface area contributed by atoms with Crippen LogP contribution in [0.5, 0.6) is 0 Å². The maximum absolute atomic E-state index is 13.8. The van der Waals surface area contributed by atoms with Crippen LogP contribution in [0.25, 0.3) is 0 Å². The van der Waals surface area contributed by atoms with E-state index >= 15 is 0 Å². The highest BCUT2D eigenvalue weighted by atomic mass is 35.5. The van der Waals surface area contributed by atoms with Gasteiger partial charge in [0.05, 0.1) is 12.3 Å². The summed E-state index contributed by atoms with van der Waals surface area (Å²) in [4.78, 5) is 0. The van der Waals surface area contributed by atoms with Crippen molar-refractivity contribution in [2.75, 3.05) is 6.54 Å². The molecule has 0 aliphatic rings. The molecule has 0 aliphatic carbocycles. The van der Waals surface area contributed by atoms with Crippen LogP contribution in [0.3, 0.4) is 0 Å². The quantitative estimate of drug-likeness (QED) is 0.912. The lowest BCUT2D eigenvalue weighted by Crippen LogP contribution is -2.23. The second-order valence-corrected chi connectivity index (χ2v) is 4.15. The SMILES string of the molecule is CCNC(c1cc(F)ccc1F)c1ccoc1Cl. The van der Waals surface area contributed by atoms with Crippen molar-refractivity contribution in [3.63, 3.8) is 0 Å². The fourth-order valence-corrected chi connectivity index (χ4v) is 2.06. The van der Waals surface area contributed by atoms with E-state index in [4.69, 9.17) is 16.0 Å². The molecule has 1 heterocycles. The predicted molar refractivity (Wildman–Crippen MR) is 65.6 cm³/mol. The second kappa shape index (κ2) is 5.50. The van der Waals surface area contributed by atoms with E-state index in [9.17, 15) is 8.78 Å². The lowest BCUT2D eigenvalue weighted by atomic mass is 10.0. The first-order chi connectivity index (χ1) is 8.63. The summed E-state index contributed by atoms with van der Waals surface area (Å²) in [6.07, 6.45) is 1.42. The minimum absolute atomic E-state index is 0.171. The van der Waals surface area contributed by atoms with E-state index in [0.717, 1.165) is 18.2 Å². The number of nitrogens with one attached hydrogen (secondary N) is 1. The van der Waals surface area contributed by atoms with E-state index in [0.29, 0.717) is 12.1 Å². The van der Waals surface area contributed by atoms with Crippen molar-refractivity contribution in [1.29, 1.82) is 0 Å². The summed E-state index contributed by atoms with van der Waals surface area (Å²) in [6.45, 7) is 2.46. The zero-order valence-electron chi connectivity index (χ0n) is 9.71. The fourth-order valence-electron chi connectivity index (χ4n) is 1.84. The van der Waals surface area contributed by atoms with Crippen molar-refractivity contribution in [1.82, 2.24) is 5.32 Å². The molecule has 2 aromatic rings. The van der Waals surface area contributed by atoms with Crippen molar-refractivity contribution >= 4 is 11.6 Å². The second-order valence-electron chi connectivity index (χ2n) is 3.81. The molecule has 5 heteroatoms. The Balaban J connectivity index is 2.48. The van der Waals surface area contributed by atoms with Crippen LogP contribution < -0.4 is 5.32 Å². The van der Waals surface area contributed by atoms with Gasteiger partial charge in [0.15, 0.2) is 5.22 Å². The maximum Gasteiger partial charge on any atom is 0.198 e. The minimum Gasteiger partial charge on any atom is -0.453 e. The summed E-state index contributed by atoms with van der Waals surface area (Å²) < 4.78 is 32.0. The van der Waals surface area contributed by atoms with Gasteiger partial charge in [0.1, 0.15) is 11.6 Å². The van der Waals surface area contributed by atoms with Crippen molar-refractivity contribution in [3.05, 3.63) is 58.5 Å². The van der Waals surface area contributed by atoms with Gasteiger partial charge in [0.25, 0.3) is 0 Å². The Hall–Kier alpha value is -1.39. The highest BCUT2D eigenvalue weighted by molar-refractivity contribution is 6.29. The van der Waals surface area contributed by atoms with Gasteiger partial charge in [-0.25, -0.2) is 8.78 Å². The summed E-state index contributed by atoms with van der Waals surface area (Å²) in [5, 5.41) is 3.23. The molecule has 1 N–H and O–H groups in total. The van der Waals surface area contributed by atoms with Gasteiger partial charge in [-0.3, -0.25) is 0 Å². The Morgan fingerprint density at radius 3 is 2.67 bits per heavy atom. The number of hydrogen-bond acceptors (Lipinski definition) is 2. The predicted octanol–water partition coefficient (Wildman–Crippen LogP) is 3.91. The molecule has 0 saturated carbocycles. The molecule has 0 bridgehead atoms. The molecular formula is C13H12ClF2NO. The molecule has 2 rings (SSSR count). The van der Waals surface area contributed by atoms with Gasteiger partial charge in [-0.05, 0) is 42.4 Å². The number of furan rings is 1.